The summed E-state index contributed by atoms with van der Waals surface area (Å²) in [7, 11) is 0. The number of nitrogens with two attached hydrogens (primary N) is 2. The molecule has 22 heteroatoms. The molecule has 46 heavy (non-hydrogen) atoms. The van der Waals surface area contributed by atoms with Gasteiger partial charge < -0.3 is 103 Å². The predicted octanol–water partition coefficient (Wildman–Crippen LogP) is -10.8. The van der Waals surface area contributed by atoms with Gasteiger partial charge in [-0.05, 0) is 0 Å². The SMILES string of the molecule is NC1=N[C@H](O)[C@@H]2[C@H]3O[C@]4(O)O[C@@H]([C@H](O)[C@]2(N1)[C@@H]4O)[C@]3(O)CNCCNC[C@@]1(O)[C@@H]2O[C@@]3(O)O[C@H]1[C@@H]1[C@H](O)N=C(N)N[C@@]1([C@@H]3O)[C@H]2O. The first-order chi connectivity index (χ1) is 21.5. The third-order valence-corrected chi connectivity index (χ3v) is 11.2. The van der Waals surface area contributed by atoms with E-state index >= 15 is 0 Å². The molecule has 258 valence electrons. The van der Waals surface area contributed by atoms with Crippen molar-refractivity contribution in [3.63, 3.8) is 0 Å². The Kier molecular flexibility index (Phi) is 6.32. The molecule has 8 bridgehead atoms. The van der Waals surface area contributed by atoms with Gasteiger partial charge in [-0.3, -0.25) is 0 Å². The number of aliphatic hydroxyl groups is 10. The summed E-state index contributed by atoms with van der Waals surface area (Å²) in [5.41, 5.74) is 3.74. The first kappa shape index (κ1) is 31.2. The Balaban J connectivity index is 0.949. The lowest BCUT2D eigenvalue weighted by Crippen LogP contribution is -2.95. The maximum atomic E-state index is 11.7. The van der Waals surface area contributed by atoms with Crippen LogP contribution >= 0.6 is 0 Å². The zero-order valence-electron chi connectivity index (χ0n) is 23.9. The van der Waals surface area contributed by atoms with Crippen LogP contribution in [0.5, 0.6) is 0 Å². The molecular weight excluding hydrogens is 624 g/mol. The first-order valence-corrected chi connectivity index (χ1v) is 14.8. The maximum Gasteiger partial charge on any atom is 0.311 e. The number of rotatable bonds is 7. The van der Waals surface area contributed by atoms with E-state index in [1.165, 1.54) is 0 Å². The highest BCUT2D eigenvalue weighted by molar-refractivity contribution is 5.81. The van der Waals surface area contributed by atoms with E-state index in [0.717, 1.165) is 0 Å². The van der Waals surface area contributed by atoms with Crippen molar-refractivity contribution < 1.29 is 70.0 Å². The zero-order valence-corrected chi connectivity index (χ0v) is 23.9. The number of aliphatic imine (C=N–C) groups is 2. The number of hydrogen-bond acceptors (Lipinski definition) is 22. The average molecular weight is 663 g/mol. The average Bonchev–Trinajstić information content (AvgIpc) is 2.97. The molecule has 0 unspecified atom stereocenters. The van der Waals surface area contributed by atoms with Crippen LogP contribution in [0.25, 0.3) is 0 Å². The minimum Gasteiger partial charge on any atom is -0.388 e. The zero-order chi connectivity index (χ0) is 33.0. The Morgan fingerprint density at radius 3 is 1.33 bits per heavy atom. The van der Waals surface area contributed by atoms with Gasteiger partial charge in [-0.25, -0.2) is 9.98 Å². The summed E-state index contributed by atoms with van der Waals surface area (Å²) in [4.78, 5) is 7.68. The van der Waals surface area contributed by atoms with Crippen LogP contribution in [0.1, 0.15) is 0 Å². The van der Waals surface area contributed by atoms with Gasteiger partial charge in [0.2, 0.25) is 0 Å². The van der Waals surface area contributed by atoms with Crippen molar-refractivity contribution in [3.8, 4) is 0 Å². The number of guanidine groups is 2. The molecule has 0 aromatic rings. The highest BCUT2D eigenvalue weighted by atomic mass is 16.9. The summed E-state index contributed by atoms with van der Waals surface area (Å²) >= 11 is 0. The van der Waals surface area contributed by atoms with Gasteiger partial charge in [-0.2, -0.15) is 0 Å². The number of ether oxygens (including phenoxy) is 4. The van der Waals surface area contributed by atoms with E-state index in [4.69, 9.17) is 30.4 Å². The molecule has 8 aliphatic heterocycles. The molecule has 8 heterocycles. The van der Waals surface area contributed by atoms with Crippen LogP contribution < -0.4 is 32.7 Å². The van der Waals surface area contributed by atoms with E-state index in [2.05, 4.69) is 31.3 Å². The molecule has 6 saturated heterocycles. The number of hydrogen-bond donors (Lipinski definition) is 16. The third kappa shape index (κ3) is 3.43. The molecular formula is C24H38N8O14. The summed E-state index contributed by atoms with van der Waals surface area (Å²) < 4.78 is 22.0. The van der Waals surface area contributed by atoms with Gasteiger partial charge in [0.25, 0.3) is 0 Å². The largest absolute Gasteiger partial charge is 0.388 e. The van der Waals surface area contributed by atoms with Crippen LogP contribution in [0.3, 0.4) is 0 Å². The van der Waals surface area contributed by atoms with E-state index in [1.807, 2.05) is 0 Å². The molecule has 0 radical (unpaired) electrons. The lowest BCUT2D eigenvalue weighted by molar-refractivity contribution is -0.546. The van der Waals surface area contributed by atoms with Crippen LogP contribution in [-0.2, 0) is 18.9 Å². The third-order valence-electron chi connectivity index (χ3n) is 11.2. The lowest BCUT2D eigenvalue weighted by Gasteiger charge is -2.71. The predicted molar refractivity (Wildman–Crippen MR) is 143 cm³/mol. The van der Waals surface area contributed by atoms with Gasteiger partial charge in [0.1, 0.15) is 58.9 Å². The van der Waals surface area contributed by atoms with E-state index in [9.17, 15) is 51.1 Å². The van der Waals surface area contributed by atoms with Crippen LogP contribution in [0.4, 0.5) is 0 Å². The molecule has 18 atom stereocenters. The molecule has 22 nitrogen and oxygen atoms in total. The Morgan fingerprint density at radius 2 is 0.957 bits per heavy atom. The quantitative estimate of drug-likeness (QED) is 0.112. The normalized spacial score (nSPS) is 60.6. The highest BCUT2D eigenvalue weighted by Gasteiger charge is 2.84. The smallest absolute Gasteiger partial charge is 0.311 e. The fourth-order valence-corrected chi connectivity index (χ4v) is 9.27. The molecule has 0 amide bonds. The molecule has 10 rings (SSSR count). The van der Waals surface area contributed by atoms with Crippen molar-refractivity contribution in [2.45, 2.75) is 95.5 Å². The second-order valence-corrected chi connectivity index (χ2v) is 13.5. The monoisotopic (exact) mass is 662 g/mol. The second kappa shape index (κ2) is 9.32. The lowest BCUT2D eigenvalue weighted by atomic mass is 9.55. The molecule has 0 aromatic heterocycles. The molecule has 18 N–H and O–H groups in total. The van der Waals surface area contributed by atoms with Crippen LogP contribution in [0.15, 0.2) is 9.98 Å². The summed E-state index contributed by atoms with van der Waals surface area (Å²) in [6.07, 6.45) is -16.2. The van der Waals surface area contributed by atoms with Crippen LogP contribution in [-0.4, -0.2) is 185 Å². The molecule has 2 aliphatic carbocycles. The summed E-state index contributed by atoms with van der Waals surface area (Å²) in [6, 6.07) is 0. The van der Waals surface area contributed by atoms with Gasteiger partial charge in [-0.15, -0.1) is 0 Å². The summed E-state index contributed by atoms with van der Waals surface area (Å²) in [6.45, 7) is -0.412. The van der Waals surface area contributed by atoms with Gasteiger partial charge in [0.15, 0.2) is 36.6 Å². The van der Waals surface area contributed by atoms with Gasteiger partial charge in [0.05, 0.1) is 11.8 Å². The Hall–Kier alpha value is -2.10. The second-order valence-electron chi connectivity index (χ2n) is 13.5. The van der Waals surface area contributed by atoms with E-state index in [0.29, 0.717) is 0 Å². The minimum atomic E-state index is -2.62. The first-order valence-electron chi connectivity index (χ1n) is 14.8. The fourth-order valence-electron chi connectivity index (χ4n) is 9.27. The number of nitrogens with one attached hydrogen (secondary N) is 4. The Labute approximate surface area is 258 Å². The van der Waals surface area contributed by atoms with Crippen LogP contribution in [0.2, 0.25) is 0 Å². The van der Waals surface area contributed by atoms with Crippen LogP contribution in [0, 0.1) is 11.8 Å². The van der Waals surface area contributed by atoms with E-state index in [-0.39, 0.29) is 38.1 Å². The minimum absolute atomic E-state index is 0.100. The van der Waals surface area contributed by atoms with Gasteiger partial charge >= 0.3 is 11.9 Å². The highest BCUT2D eigenvalue weighted by Crippen LogP contribution is 2.60. The maximum absolute atomic E-state index is 11.7. The van der Waals surface area contributed by atoms with Crippen molar-refractivity contribution in [2.75, 3.05) is 26.2 Å². The standard InChI is InChI=1S/C24H38N8O14/c25-17-29-13(35)5-9-19(39,11-7(33)21(5,31-17)15(37)23(41,43-9)45-11)3-27-1-2-28-4-20(40)10-6-14(36)30-18(26)32-22(6)8(34)12(20)46-24(42,44-10)16(22)38/h5-16,27-28,33-42H,1-4H2,(H3,25,29,31)(H3,26,30,32)/t5-,6+,7-,8-,9+,10-,11-,12+,13+,14-,15-,16-,19-,20-,21-,22+,23-,24-/m0/s1. The fraction of sp³-hybridized carbons (Fsp3) is 0.917. The topological polar surface area (TPSA) is 364 Å². The molecule has 2 spiro atoms. The molecule has 0 aromatic carbocycles. The van der Waals surface area contributed by atoms with E-state index < -0.39 is 107 Å². The van der Waals surface area contributed by atoms with Crippen molar-refractivity contribution >= 4 is 11.9 Å². The molecule has 8 fully saturated rings. The summed E-state index contributed by atoms with van der Waals surface area (Å²) in [5, 5.41) is 122. The summed E-state index contributed by atoms with van der Waals surface area (Å²) in [5.74, 6) is -8.34. The molecule has 10 aliphatic rings. The molecule has 2 saturated carbocycles. The van der Waals surface area contributed by atoms with Crippen molar-refractivity contribution in [2.24, 2.45) is 33.3 Å². The Bertz CT molecular complexity index is 1280. The number of nitrogens with zero attached hydrogens (tertiary/aromatic N) is 2. The van der Waals surface area contributed by atoms with Crippen molar-refractivity contribution in [1.82, 2.24) is 21.3 Å². The van der Waals surface area contributed by atoms with Crippen molar-refractivity contribution in [3.05, 3.63) is 0 Å². The van der Waals surface area contributed by atoms with Gasteiger partial charge in [-0.1, -0.05) is 0 Å². The number of aliphatic hydroxyl groups excluding tert-OH is 6. The Morgan fingerprint density at radius 1 is 0.609 bits per heavy atom. The van der Waals surface area contributed by atoms with Gasteiger partial charge in [0, 0.05) is 26.2 Å². The van der Waals surface area contributed by atoms with Crippen molar-refractivity contribution in [1.29, 1.82) is 0 Å². The van der Waals surface area contributed by atoms with E-state index in [1.54, 1.807) is 0 Å².